The Morgan fingerprint density at radius 1 is 1.44 bits per heavy atom. The van der Waals surface area contributed by atoms with Crippen LogP contribution < -0.4 is 0 Å². The minimum Gasteiger partial charge on any atom is -0.340 e. The molecule has 16 heavy (non-hydrogen) atoms. The highest BCUT2D eigenvalue weighted by Crippen LogP contribution is 2.33. The number of unbranched alkanes of at least 4 members (excludes halogenated alkanes) is 1. The van der Waals surface area contributed by atoms with Crippen LogP contribution in [-0.2, 0) is 4.79 Å². The Kier molecular flexibility index (Phi) is 4.82. The number of nitrogens with zero attached hydrogens (tertiary/aromatic N) is 1. The Balaban J connectivity index is 2.67. The molecule has 1 heterocycles. The van der Waals surface area contributed by atoms with Crippen molar-refractivity contribution in [2.75, 3.05) is 6.54 Å². The van der Waals surface area contributed by atoms with Crippen LogP contribution in [0.5, 0.6) is 0 Å². The zero-order chi connectivity index (χ0) is 12.2. The third-order valence-electron chi connectivity index (χ3n) is 4.19. The van der Waals surface area contributed by atoms with Crippen molar-refractivity contribution in [1.82, 2.24) is 4.90 Å². The Bertz CT molecular complexity index is 239. The number of likely N-dealkylation sites (tertiary alicyclic amines) is 1. The molecule has 0 aliphatic carbocycles. The highest BCUT2D eigenvalue weighted by molar-refractivity contribution is 5.82. The molecule has 1 saturated heterocycles. The molecule has 2 unspecified atom stereocenters. The predicted molar refractivity (Wildman–Crippen MR) is 68.3 cm³/mol. The summed E-state index contributed by atoms with van der Waals surface area (Å²) in [5.74, 6) is 0.397. The average molecular weight is 225 g/mol. The molecule has 1 fully saturated rings. The molecule has 0 saturated carbocycles. The molecule has 0 spiro atoms. The molecule has 0 bridgehead atoms. The van der Waals surface area contributed by atoms with Crippen molar-refractivity contribution < 1.29 is 4.79 Å². The van der Waals surface area contributed by atoms with Gasteiger partial charge in [0.05, 0.1) is 0 Å². The Labute approximate surface area is 100 Å². The van der Waals surface area contributed by atoms with Gasteiger partial charge < -0.3 is 4.90 Å². The van der Waals surface area contributed by atoms with Crippen LogP contribution >= 0.6 is 0 Å². The van der Waals surface area contributed by atoms with Crippen molar-refractivity contribution in [3.63, 3.8) is 0 Å². The fraction of sp³-hybridized carbons (Fsp3) is 0.929. The fourth-order valence-electron chi connectivity index (χ4n) is 2.58. The summed E-state index contributed by atoms with van der Waals surface area (Å²) in [4.78, 5) is 14.7. The number of amides is 1. The van der Waals surface area contributed by atoms with E-state index in [4.69, 9.17) is 0 Å². The zero-order valence-corrected chi connectivity index (χ0v) is 11.4. The highest BCUT2D eigenvalue weighted by atomic mass is 16.2. The highest BCUT2D eigenvalue weighted by Gasteiger charge is 2.37. The maximum absolute atomic E-state index is 12.5. The first-order valence-corrected chi connectivity index (χ1v) is 6.86. The van der Waals surface area contributed by atoms with E-state index in [1.807, 2.05) is 0 Å². The summed E-state index contributed by atoms with van der Waals surface area (Å²) in [6.07, 6.45) is 6.72. The van der Waals surface area contributed by atoms with Crippen LogP contribution in [-0.4, -0.2) is 23.4 Å². The van der Waals surface area contributed by atoms with E-state index in [1.54, 1.807) is 0 Å². The van der Waals surface area contributed by atoms with Gasteiger partial charge in [-0.3, -0.25) is 4.79 Å². The summed E-state index contributed by atoms with van der Waals surface area (Å²) in [5, 5.41) is 0. The number of rotatable bonds is 5. The number of carbonyl (C=O) groups excluding carboxylic acids is 1. The van der Waals surface area contributed by atoms with Crippen molar-refractivity contribution in [3.05, 3.63) is 0 Å². The zero-order valence-electron chi connectivity index (χ0n) is 11.4. The topological polar surface area (TPSA) is 20.3 Å². The van der Waals surface area contributed by atoms with Gasteiger partial charge >= 0.3 is 0 Å². The van der Waals surface area contributed by atoms with Gasteiger partial charge in [-0.05, 0) is 32.6 Å². The van der Waals surface area contributed by atoms with Crippen LogP contribution in [0.25, 0.3) is 0 Å². The summed E-state index contributed by atoms with van der Waals surface area (Å²) in [6.45, 7) is 9.64. The molecule has 94 valence electrons. The molecule has 2 heteroatoms. The molecule has 0 aromatic heterocycles. The van der Waals surface area contributed by atoms with Gasteiger partial charge in [0.2, 0.25) is 5.91 Å². The van der Waals surface area contributed by atoms with Crippen LogP contribution in [0.3, 0.4) is 0 Å². The van der Waals surface area contributed by atoms with E-state index >= 15 is 0 Å². The molecule has 1 aliphatic heterocycles. The van der Waals surface area contributed by atoms with Gasteiger partial charge in [0, 0.05) is 18.0 Å². The van der Waals surface area contributed by atoms with Crippen molar-refractivity contribution >= 4 is 5.91 Å². The molecule has 0 radical (unpaired) electrons. The molecule has 2 atom stereocenters. The molecule has 1 aliphatic rings. The molecule has 0 aromatic carbocycles. The molecular formula is C14H27NO. The van der Waals surface area contributed by atoms with Crippen molar-refractivity contribution in [2.24, 2.45) is 5.41 Å². The summed E-state index contributed by atoms with van der Waals surface area (Å²) in [5.41, 5.74) is -0.116. The van der Waals surface area contributed by atoms with Crippen LogP contribution in [0.15, 0.2) is 0 Å². The van der Waals surface area contributed by atoms with Gasteiger partial charge in [0.1, 0.15) is 0 Å². The van der Waals surface area contributed by atoms with Crippen LogP contribution in [0, 0.1) is 5.41 Å². The van der Waals surface area contributed by atoms with Crippen molar-refractivity contribution in [1.29, 1.82) is 0 Å². The summed E-state index contributed by atoms with van der Waals surface area (Å²) >= 11 is 0. The SMILES string of the molecule is CCCCC(C)(CC)C(=O)N1CCCC1C. The van der Waals surface area contributed by atoms with Crippen molar-refractivity contribution in [3.8, 4) is 0 Å². The fourth-order valence-corrected chi connectivity index (χ4v) is 2.58. The van der Waals surface area contributed by atoms with Gasteiger partial charge in [0.25, 0.3) is 0 Å². The second kappa shape index (κ2) is 5.70. The quantitative estimate of drug-likeness (QED) is 0.700. The lowest BCUT2D eigenvalue weighted by atomic mass is 9.80. The maximum Gasteiger partial charge on any atom is 0.228 e. The Hall–Kier alpha value is -0.530. The molecule has 2 nitrogen and oxygen atoms in total. The lowest BCUT2D eigenvalue weighted by Gasteiger charge is -2.34. The van der Waals surface area contributed by atoms with Gasteiger partial charge in [-0.25, -0.2) is 0 Å². The van der Waals surface area contributed by atoms with E-state index in [9.17, 15) is 4.79 Å². The van der Waals surface area contributed by atoms with Crippen LogP contribution in [0.1, 0.15) is 66.2 Å². The van der Waals surface area contributed by atoms with E-state index in [0.29, 0.717) is 11.9 Å². The standard InChI is InChI=1S/C14H27NO/c1-5-7-10-14(4,6-2)13(16)15-11-8-9-12(15)3/h12H,5-11H2,1-4H3. The molecular weight excluding hydrogens is 198 g/mol. The number of hydrogen-bond acceptors (Lipinski definition) is 1. The largest absolute Gasteiger partial charge is 0.340 e. The van der Waals surface area contributed by atoms with Crippen LogP contribution in [0.4, 0.5) is 0 Å². The number of carbonyl (C=O) groups is 1. The second-order valence-electron chi connectivity index (χ2n) is 5.51. The summed E-state index contributed by atoms with van der Waals surface area (Å²) in [7, 11) is 0. The first-order chi connectivity index (χ1) is 7.55. The second-order valence-corrected chi connectivity index (χ2v) is 5.51. The van der Waals surface area contributed by atoms with E-state index < -0.39 is 0 Å². The average Bonchev–Trinajstić information content (AvgIpc) is 2.71. The van der Waals surface area contributed by atoms with Gasteiger partial charge in [-0.15, -0.1) is 0 Å². The molecule has 0 N–H and O–H groups in total. The van der Waals surface area contributed by atoms with Crippen LogP contribution in [0.2, 0.25) is 0 Å². The Morgan fingerprint density at radius 3 is 2.56 bits per heavy atom. The third kappa shape index (κ3) is 2.78. The van der Waals surface area contributed by atoms with E-state index in [1.165, 1.54) is 19.3 Å². The first-order valence-electron chi connectivity index (χ1n) is 6.86. The lowest BCUT2D eigenvalue weighted by Crippen LogP contribution is -2.43. The summed E-state index contributed by atoms with van der Waals surface area (Å²) < 4.78 is 0. The third-order valence-corrected chi connectivity index (χ3v) is 4.19. The van der Waals surface area contributed by atoms with E-state index in [-0.39, 0.29) is 5.41 Å². The summed E-state index contributed by atoms with van der Waals surface area (Å²) in [6, 6.07) is 0.458. The molecule has 1 rings (SSSR count). The number of hydrogen-bond donors (Lipinski definition) is 0. The van der Waals surface area contributed by atoms with E-state index in [0.717, 1.165) is 25.8 Å². The lowest BCUT2D eigenvalue weighted by molar-refractivity contribution is -0.142. The molecule has 0 aromatic rings. The first kappa shape index (κ1) is 13.5. The van der Waals surface area contributed by atoms with Gasteiger partial charge in [0.15, 0.2) is 0 Å². The Morgan fingerprint density at radius 2 is 2.12 bits per heavy atom. The predicted octanol–water partition coefficient (Wildman–Crippen LogP) is 3.60. The molecule has 1 amide bonds. The minimum absolute atomic E-state index is 0.116. The van der Waals surface area contributed by atoms with E-state index in [2.05, 4.69) is 32.6 Å². The normalized spacial score (nSPS) is 24.5. The van der Waals surface area contributed by atoms with Gasteiger partial charge in [-0.1, -0.05) is 33.6 Å². The monoisotopic (exact) mass is 225 g/mol. The maximum atomic E-state index is 12.5. The van der Waals surface area contributed by atoms with Crippen molar-refractivity contribution in [2.45, 2.75) is 72.3 Å². The van der Waals surface area contributed by atoms with Gasteiger partial charge in [-0.2, -0.15) is 0 Å². The minimum atomic E-state index is -0.116. The smallest absolute Gasteiger partial charge is 0.228 e.